The predicted octanol–water partition coefficient (Wildman–Crippen LogP) is 1.90. The Kier molecular flexibility index (Phi) is 7.10. The minimum absolute atomic E-state index is 0.0452. The summed E-state index contributed by atoms with van der Waals surface area (Å²) < 4.78 is 0. The zero-order valence-corrected chi connectivity index (χ0v) is 17.2. The first-order valence-electron chi connectivity index (χ1n) is 10.6. The molecule has 1 aromatic rings. The molecular formula is C22H31N5O2. The Labute approximate surface area is 173 Å². The highest BCUT2D eigenvalue weighted by molar-refractivity contribution is 5.99. The number of amides is 2. The number of hydrogen-bond acceptors (Lipinski definition) is 5. The van der Waals surface area contributed by atoms with Gasteiger partial charge in [0.15, 0.2) is 0 Å². The quantitative estimate of drug-likeness (QED) is 0.716. The number of piperazine rings is 1. The Morgan fingerprint density at radius 3 is 2.31 bits per heavy atom. The highest BCUT2D eigenvalue weighted by Crippen LogP contribution is 2.29. The average molecular weight is 398 g/mol. The fourth-order valence-electron chi connectivity index (χ4n) is 4.29. The zero-order valence-electron chi connectivity index (χ0n) is 17.2. The minimum Gasteiger partial charge on any atom is -0.369 e. The molecule has 1 aromatic carbocycles. The van der Waals surface area contributed by atoms with Gasteiger partial charge in [-0.25, -0.2) is 0 Å². The molecule has 0 radical (unpaired) electrons. The fourth-order valence-corrected chi connectivity index (χ4v) is 4.29. The lowest BCUT2D eigenvalue weighted by Crippen LogP contribution is -2.59. The molecule has 3 rings (SSSR count). The molecule has 1 saturated carbocycles. The Hall–Kier alpha value is -2.59. The summed E-state index contributed by atoms with van der Waals surface area (Å²) in [5, 5.41) is 14.4. The van der Waals surface area contributed by atoms with Crippen LogP contribution in [0.4, 0.5) is 5.69 Å². The topological polar surface area (TPSA) is 88.5 Å². The molecule has 0 aromatic heterocycles. The van der Waals surface area contributed by atoms with Crippen molar-refractivity contribution >= 4 is 17.5 Å². The molecule has 1 saturated heterocycles. The van der Waals surface area contributed by atoms with Crippen molar-refractivity contribution < 1.29 is 9.59 Å². The summed E-state index contributed by atoms with van der Waals surface area (Å²) in [6.07, 6.45) is 4.06. The number of likely N-dealkylation sites (N-methyl/N-ethyl adjacent to an activating group) is 1. The molecule has 7 nitrogen and oxygen atoms in total. The van der Waals surface area contributed by atoms with E-state index in [0.29, 0.717) is 18.4 Å². The molecule has 1 heterocycles. The first kappa shape index (κ1) is 21.1. The van der Waals surface area contributed by atoms with Gasteiger partial charge in [0, 0.05) is 37.4 Å². The zero-order chi connectivity index (χ0) is 20.7. The van der Waals surface area contributed by atoms with Crippen molar-refractivity contribution in [2.24, 2.45) is 0 Å². The third-order valence-corrected chi connectivity index (χ3v) is 6.14. The van der Waals surface area contributed by atoms with Gasteiger partial charge in [0.05, 0.1) is 6.07 Å². The lowest BCUT2D eigenvalue weighted by Gasteiger charge is -2.36. The van der Waals surface area contributed by atoms with Gasteiger partial charge in [0.2, 0.25) is 5.91 Å². The van der Waals surface area contributed by atoms with Gasteiger partial charge in [0.1, 0.15) is 12.1 Å². The van der Waals surface area contributed by atoms with Gasteiger partial charge < -0.3 is 20.4 Å². The van der Waals surface area contributed by atoms with E-state index in [1.54, 1.807) is 0 Å². The van der Waals surface area contributed by atoms with Crippen LogP contribution in [0.2, 0.25) is 0 Å². The third kappa shape index (κ3) is 5.07. The standard InChI is InChI=1S/C22H31N5O2/c1-2-26-14-16-27(17-15-26)19-8-6-18(7-9-19)20(28)25-22(10-4-3-5-11-22)21(29)24-13-12-23/h6-9H,2-5,10-11,13-17H2,1H3,(H,24,29)(H,25,28). The van der Waals surface area contributed by atoms with Crippen molar-refractivity contribution in [3.63, 3.8) is 0 Å². The van der Waals surface area contributed by atoms with E-state index < -0.39 is 5.54 Å². The smallest absolute Gasteiger partial charge is 0.252 e. The van der Waals surface area contributed by atoms with Gasteiger partial charge in [-0.2, -0.15) is 5.26 Å². The number of nitriles is 1. The number of carbonyl (C=O) groups is 2. The predicted molar refractivity (Wildman–Crippen MR) is 113 cm³/mol. The highest BCUT2D eigenvalue weighted by atomic mass is 16.2. The summed E-state index contributed by atoms with van der Waals surface area (Å²) in [6.45, 7) is 7.30. The SMILES string of the molecule is CCN1CCN(c2ccc(C(=O)NC3(C(=O)NCC#N)CCCCC3)cc2)CC1. The first-order valence-corrected chi connectivity index (χ1v) is 10.6. The van der Waals surface area contributed by atoms with Crippen LogP contribution in [0.25, 0.3) is 0 Å². The molecule has 156 valence electrons. The van der Waals surface area contributed by atoms with Crippen molar-refractivity contribution in [3.8, 4) is 6.07 Å². The molecule has 2 fully saturated rings. The molecule has 1 aliphatic heterocycles. The Morgan fingerprint density at radius 2 is 1.72 bits per heavy atom. The molecule has 1 aliphatic carbocycles. The normalized spacial score (nSPS) is 19.2. The molecule has 2 aliphatic rings. The second-order valence-electron chi connectivity index (χ2n) is 7.91. The molecule has 29 heavy (non-hydrogen) atoms. The summed E-state index contributed by atoms with van der Waals surface area (Å²) in [5.41, 5.74) is 0.761. The van der Waals surface area contributed by atoms with Crippen molar-refractivity contribution in [3.05, 3.63) is 29.8 Å². The molecule has 0 unspecified atom stereocenters. The van der Waals surface area contributed by atoms with Crippen LogP contribution in [0.15, 0.2) is 24.3 Å². The third-order valence-electron chi connectivity index (χ3n) is 6.14. The maximum Gasteiger partial charge on any atom is 0.252 e. The number of benzene rings is 1. The van der Waals surface area contributed by atoms with E-state index in [1.165, 1.54) is 0 Å². The van der Waals surface area contributed by atoms with Crippen LogP contribution in [0.5, 0.6) is 0 Å². The monoisotopic (exact) mass is 397 g/mol. The lowest BCUT2D eigenvalue weighted by molar-refractivity contribution is -0.128. The maximum absolute atomic E-state index is 12.9. The van der Waals surface area contributed by atoms with Crippen LogP contribution in [-0.2, 0) is 4.79 Å². The van der Waals surface area contributed by atoms with E-state index in [1.807, 2.05) is 30.3 Å². The maximum atomic E-state index is 12.9. The Morgan fingerprint density at radius 1 is 1.07 bits per heavy atom. The lowest BCUT2D eigenvalue weighted by atomic mass is 9.80. The van der Waals surface area contributed by atoms with E-state index in [-0.39, 0.29) is 18.4 Å². The number of carbonyl (C=O) groups excluding carboxylic acids is 2. The second kappa shape index (κ2) is 9.75. The second-order valence-corrected chi connectivity index (χ2v) is 7.91. The fraction of sp³-hybridized carbons (Fsp3) is 0.591. The Balaban J connectivity index is 1.66. The van der Waals surface area contributed by atoms with Gasteiger partial charge in [-0.05, 0) is 43.7 Å². The molecule has 2 N–H and O–H groups in total. The van der Waals surface area contributed by atoms with Gasteiger partial charge in [-0.3, -0.25) is 9.59 Å². The van der Waals surface area contributed by atoms with Crippen LogP contribution in [0.1, 0.15) is 49.4 Å². The van der Waals surface area contributed by atoms with Crippen LogP contribution in [-0.4, -0.2) is 61.5 Å². The van der Waals surface area contributed by atoms with Gasteiger partial charge >= 0.3 is 0 Å². The molecule has 0 spiro atoms. The van der Waals surface area contributed by atoms with Crippen molar-refractivity contribution in [1.29, 1.82) is 5.26 Å². The van der Waals surface area contributed by atoms with Crippen molar-refractivity contribution in [2.45, 2.75) is 44.6 Å². The summed E-state index contributed by atoms with van der Waals surface area (Å²) in [5.74, 6) is -0.487. The molecule has 7 heteroatoms. The summed E-state index contributed by atoms with van der Waals surface area (Å²) in [4.78, 5) is 30.3. The molecule has 0 bridgehead atoms. The van der Waals surface area contributed by atoms with Crippen LogP contribution in [0, 0.1) is 11.3 Å². The average Bonchev–Trinajstić information content (AvgIpc) is 2.78. The number of nitrogens with one attached hydrogen (secondary N) is 2. The molecule has 0 atom stereocenters. The van der Waals surface area contributed by atoms with E-state index in [0.717, 1.165) is 57.7 Å². The van der Waals surface area contributed by atoms with E-state index in [2.05, 4.69) is 27.4 Å². The summed E-state index contributed by atoms with van der Waals surface area (Å²) >= 11 is 0. The van der Waals surface area contributed by atoms with Crippen LogP contribution < -0.4 is 15.5 Å². The van der Waals surface area contributed by atoms with Crippen LogP contribution >= 0.6 is 0 Å². The van der Waals surface area contributed by atoms with E-state index in [9.17, 15) is 9.59 Å². The van der Waals surface area contributed by atoms with Gasteiger partial charge in [-0.1, -0.05) is 26.2 Å². The van der Waals surface area contributed by atoms with Crippen LogP contribution in [0.3, 0.4) is 0 Å². The largest absolute Gasteiger partial charge is 0.369 e. The Bertz CT molecular complexity index is 741. The first-order chi connectivity index (χ1) is 14.1. The van der Waals surface area contributed by atoms with Gasteiger partial charge in [0.25, 0.3) is 5.91 Å². The number of anilines is 1. The molecule has 2 amide bonds. The van der Waals surface area contributed by atoms with E-state index in [4.69, 9.17) is 5.26 Å². The highest BCUT2D eigenvalue weighted by Gasteiger charge is 2.40. The number of rotatable bonds is 6. The summed E-state index contributed by atoms with van der Waals surface area (Å²) in [6, 6.07) is 9.57. The number of hydrogen-bond donors (Lipinski definition) is 2. The number of nitrogens with zero attached hydrogens (tertiary/aromatic N) is 3. The summed E-state index contributed by atoms with van der Waals surface area (Å²) in [7, 11) is 0. The van der Waals surface area contributed by atoms with E-state index >= 15 is 0 Å². The van der Waals surface area contributed by atoms with Crippen molar-refractivity contribution in [1.82, 2.24) is 15.5 Å². The van der Waals surface area contributed by atoms with Crippen molar-refractivity contribution in [2.75, 3.05) is 44.2 Å². The minimum atomic E-state index is -0.915. The molecular weight excluding hydrogens is 366 g/mol. The van der Waals surface area contributed by atoms with Gasteiger partial charge in [-0.15, -0.1) is 0 Å².